The molecular weight excluding hydrogens is 274 g/mol. The average molecular weight is 286 g/mol. The Hall–Kier alpha value is -1.43. The van der Waals surface area contributed by atoms with Crippen molar-refractivity contribution in [1.82, 2.24) is 10.3 Å². The van der Waals surface area contributed by atoms with Crippen molar-refractivity contribution in [2.75, 3.05) is 11.9 Å². The van der Waals surface area contributed by atoms with Gasteiger partial charge in [0, 0.05) is 11.4 Å². The molecule has 0 fully saturated rings. The molecule has 0 unspecified atom stereocenters. The fourth-order valence-corrected chi connectivity index (χ4v) is 1.23. The number of rotatable bonds is 3. The van der Waals surface area contributed by atoms with Crippen LogP contribution < -0.4 is 10.6 Å². The number of nitrogens with one attached hydrogen (secondary N) is 2. The zero-order valence-electron chi connectivity index (χ0n) is 9.00. The van der Waals surface area contributed by atoms with Gasteiger partial charge in [0.2, 0.25) is 11.8 Å². The number of aryl methyl sites for hydroxylation is 1. The standard InChI is InChI=1S/C10H12BrN3O2/c1-6-8(11)3-4-9(13-6)14-10(16)5-12-7(2)15/h3-4H,5H2,1-2H3,(H,12,15)(H,13,14,16). The molecule has 86 valence electrons. The third-order valence-electron chi connectivity index (χ3n) is 1.79. The van der Waals surface area contributed by atoms with Crippen LogP contribution in [0.5, 0.6) is 0 Å². The predicted molar refractivity (Wildman–Crippen MR) is 64.0 cm³/mol. The third-order valence-corrected chi connectivity index (χ3v) is 2.62. The number of carbonyl (C=O) groups excluding carboxylic acids is 2. The van der Waals surface area contributed by atoms with Gasteiger partial charge in [-0.25, -0.2) is 4.98 Å². The van der Waals surface area contributed by atoms with Gasteiger partial charge in [0.1, 0.15) is 5.82 Å². The zero-order chi connectivity index (χ0) is 12.1. The van der Waals surface area contributed by atoms with E-state index in [1.807, 2.05) is 6.92 Å². The normalized spacial score (nSPS) is 9.69. The smallest absolute Gasteiger partial charge is 0.244 e. The van der Waals surface area contributed by atoms with Gasteiger partial charge in [-0.3, -0.25) is 9.59 Å². The quantitative estimate of drug-likeness (QED) is 0.877. The summed E-state index contributed by atoms with van der Waals surface area (Å²) in [6.45, 7) is 3.13. The Kier molecular flexibility index (Phi) is 4.42. The minimum absolute atomic E-state index is 0.0495. The van der Waals surface area contributed by atoms with Gasteiger partial charge >= 0.3 is 0 Å². The molecule has 1 rings (SSSR count). The number of amides is 2. The van der Waals surface area contributed by atoms with Crippen LogP contribution in [0.1, 0.15) is 12.6 Å². The van der Waals surface area contributed by atoms with Crippen molar-refractivity contribution in [3.8, 4) is 0 Å². The predicted octanol–water partition coefficient (Wildman–Crippen LogP) is 1.23. The van der Waals surface area contributed by atoms with Crippen LogP contribution in [0.15, 0.2) is 16.6 Å². The summed E-state index contributed by atoms with van der Waals surface area (Å²) in [7, 11) is 0. The minimum atomic E-state index is -0.301. The maximum atomic E-state index is 11.3. The van der Waals surface area contributed by atoms with Crippen molar-refractivity contribution in [3.63, 3.8) is 0 Å². The van der Waals surface area contributed by atoms with Crippen LogP contribution in [-0.2, 0) is 9.59 Å². The number of carbonyl (C=O) groups is 2. The summed E-state index contributed by atoms with van der Waals surface area (Å²) < 4.78 is 0.882. The molecule has 2 N–H and O–H groups in total. The Balaban J connectivity index is 2.56. The summed E-state index contributed by atoms with van der Waals surface area (Å²) in [5.74, 6) is -0.0735. The molecule has 1 aromatic rings. The molecule has 0 atom stereocenters. The van der Waals surface area contributed by atoms with Crippen LogP contribution in [0.4, 0.5) is 5.82 Å². The molecule has 0 radical (unpaired) electrons. The molecule has 6 heteroatoms. The molecule has 1 heterocycles. The van der Waals surface area contributed by atoms with E-state index in [2.05, 4.69) is 31.5 Å². The maximum absolute atomic E-state index is 11.3. The van der Waals surface area contributed by atoms with Gasteiger partial charge in [-0.1, -0.05) is 0 Å². The highest BCUT2D eigenvalue weighted by molar-refractivity contribution is 9.10. The maximum Gasteiger partial charge on any atom is 0.244 e. The molecule has 0 spiro atoms. The average Bonchev–Trinajstić information content (AvgIpc) is 2.21. The number of halogens is 1. The molecule has 16 heavy (non-hydrogen) atoms. The van der Waals surface area contributed by atoms with Crippen molar-refractivity contribution in [3.05, 3.63) is 22.3 Å². The molecule has 0 aliphatic carbocycles. The third kappa shape index (κ3) is 3.98. The van der Waals surface area contributed by atoms with Crippen molar-refractivity contribution in [2.24, 2.45) is 0 Å². The highest BCUT2D eigenvalue weighted by Gasteiger charge is 2.04. The summed E-state index contributed by atoms with van der Waals surface area (Å²) in [6, 6.07) is 3.49. The second-order valence-electron chi connectivity index (χ2n) is 3.22. The first-order chi connectivity index (χ1) is 7.49. The highest BCUT2D eigenvalue weighted by atomic mass is 79.9. The van der Waals surface area contributed by atoms with Gasteiger partial charge in [-0.15, -0.1) is 0 Å². The van der Waals surface area contributed by atoms with Crippen LogP contribution in [0.2, 0.25) is 0 Å². The Morgan fingerprint density at radius 3 is 2.69 bits per heavy atom. The van der Waals surface area contributed by atoms with Crippen LogP contribution in [0.25, 0.3) is 0 Å². The van der Waals surface area contributed by atoms with E-state index in [1.54, 1.807) is 12.1 Å². The van der Waals surface area contributed by atoms with Gasteiger partial charge in [0.15, 0.2) is 0 Å². The number of nitrogens with zero attached hydrogens (tertiary/aromatic N) is 1. The Morgan fingerprint density at radius 1 is 1.44 bits per heavy atom. The lowest BCUT2D eigenvalue weighted by Gasteiger charge is -2.06. The van der Waals surface area contributed by atoms with Gasteiger partial charge in [0.05, 0.1) is 12.2 Å². The number of pyridine rings is 1. The summed E-state index contributed by atoms with van der Waals surface area (Å²) >= 11 is 3.31. The summed E-state index contributed by atoms with van der Waals surface area (Å²) in [4.78, 5) is 26.1. The van der Waals surface area contributed by atoms with E-state index in [9.17, 15) is 9.59 Å². The molecule has 1 aromatic heterocycles. The first kappa shape index (κ1) is 12.6. The van der Waals surface area contributed by atoms with E-state index in [4.69, 9.17) is 0 Å². The number of aromatic nitrogens is 1. The lowest BCUT2D eigenvalue weighted by Crippen LogP contribution is -2.31. The van der Waals surface area contributed by atoms with Crippen LogP contribution in [0.3, 0.4) is 0 Å². The fourth-order valence-electron chi connectivity index (χ4n) is 1.01. The SMILES string of the molecule is CC(=O)NCC(=O)Nc1ccc(Br)c(C)n1. The first-order valence-electron chi connectivity index (χ1n) is 4.66. The molecule has 0 aliphatic heterocycles. The lowest BCUT2D eigenvalue weighted by molar-refractivity contribution is -0.122. The molecule has 2 amide bonds. The lowest BCUT2D eigenvalue weighted by atomic mass is 10.3. The fraction of sp³-hybridized carbons (Fsp3) is 0.300. The summed E-state index contributed by atoms with van der Waals surface area (Å²) in [5, 5.41) is 4.98. The molecule has 0 aromatic carbocycles. The molecule has 0 saturated heterocycles. The minimum Gasteiger partial charge on any atom is -0.347 e. The number of hydrogen-bond acceptors (Lipinski definition) is 3. The van der Waals surface area contributed by atoms with Gasteiger partial charge in [0.25, 0.3) is 0 Å². The Labute approximate surface area is 102 Å². The van der Waals surface area contributed by atoms with Gasteiger partial charge < -0.3 is 10.6 Å². The van der Waals surface area contributed by atoms with Crippen molar-refractivity contribution in [1.29, 1.82) is 0 Å². The number of hydrogen-bond donors (Lipinski definition) is 2. The van der Waals surface area contributed by atoms with E-state index in [-0.39, 0.29) is 18.4 Å². The van der Waals surface area contributed by atoms with Crippen LogP contribution in [-0.4, -0.2) is 23.3 Å². The largest absolute Gasteiger partial charge is 0.347 e. The number of anilines is 1. The second-order valence-corrected chi connectivity index (χ2v) is 4.08. The van der Waals surface area contributed by atoms with E-state index in [0.717, 1.165) is 10.2 Å². The van der Waals surface area contributed by atoms with Gasteiger partial charge in [-0.2, -0.15) is 0 Å². The van der Waals surface area contributed by atoms with E-state index < -0.39 is 0 Å². The Morgan fingerprint density at radius 2 is 2.12 bits per heavy atom. The van der Waals surface area contributed by atoms with Crippen molar-refractivity contribution in [2.45, 2.75) is 13.8 Å². The van der Waals surface area contributed by atoms with Crippen molar-refractivity contribution < 1.29 is 9.59 Å². The first-order valence-corrected chi connectivity index (χ1v) is 5.46. The van der Waals surface area contributed by atoms with E-state index in [1.165, 1.54) is 6.92 Å². The molecule has 0 aliphatic rings. The Bertz CT molecular complexity index is 421. The molecular formula is C10H12BrN3O2. The highest BCUT2D eigenvalue weighted by Crippen LogP contribution is 2.15. The van der Waals surface area contributed by atoms with E-state index in [0.29, 0.717) is 5.82 Å². The molecule has 5 nitrogen and oxygen atoms in total. The summed E-state index contributed by atoms with van der Waals surface area (Å²) in [5.41, 5.74) is 0.789. The molecule has 0 bridgehead atoms. The van der Waals surface area contributed by atoms with Crippen LogP contribution in [0, 0.1) is 6.92 Å². The van der Waals surface area contributed by atoms with E-state index >= 15 is 0 Å². The topological polar surface area (TPSA) is 71.1 Å². The molecule has 0 saturated carbocycles. The summed E-state index contributed by atoms with van der Waals surface area (Å²) in [6.07, 6.45) is 0. The van der Waals surface area contributed by atoms with Gasteiger partial charge in [-0.05, 0) is 35.0 Å². The zero-order valence-corrected chi connectivity index (χ0v) is 10.6. The monoisotopic (exact) mass is 285 g/mol. The second kappa shape index (κ2) is 5.60. The van der Waals surface area contributed by atoms with Crippen molar-refractivity contribution >= 4 is 33.6 Å². The van der Waals surface area contributed by atoms with Crippen LogP contribution >= 0.6 is 15.9 Å².